The summed E-state index contributed by atoms with van der Waals surface area (Å²) in [6, 6.07) is 0. The first-order chi connectivity index (χ1) is 4.71. The predicted molar refractivity (Wildman–Crippen MR) is 51.5 cm³/mol. The fourth-order valence-corrected chi connectivity index (χ4v) is 1.22. The van der Waals surface area contributed by atoms with Crippen molar-refractivity contribution in [1.82, 2.24) is 9.96 Å². The highest BCUT2D eigenvalue weighted by atomic mass is 28.2. The smallest absolute Gasteiger partial charge is 0.0246 e. The van der Waals surface area contributed by atoms with Crippen molar-refractivity contribution in [3.63, 3.8) is 0 Å². The average molecular weight is 172 g/mol. The number of hydrogen-bond donors (Lipinski definition) is 2. The second-order valence-corrected chi connectivity index (χ2v) is 5.62. The topological polar surface area (TPSA) is 24.1 Å². The minimum Gasteiger partial charge on any atom is -0.497 e. The van der Waals surface area contributed by atoms with Gasteiger partial charge < -0.3 is 9.96 Å². The van der Waals surface area contributed by atoms with Gasteiger partial charge in [0.05, 0.1) is 0 Å². The van der Waals surface area contributed by atoms with Crippen LogP contribution in [0, 0.1) is 0 Å². The average Bonchev–Trinajstić information content (AvgIpc) is 1.55. The summed E-state index contributed by atoms with van der Waals surface area (Å²) in [4.78, 5) is 6.79. The highest BCUT2D eigenvalue weighted by Crippen LogP contribution is 1.98. The molecule has 0 heterocycles. The van der Waals surface area contributed by atoms with Gasteiger partial charge in [-0.15, -0.1) is 0 Å². The molecular weight excluding hydrogens is 152 g/mol. The van der Waals surface area contributed by atoms with Crippen LogP contribution in [0.5, 0.6) is 0 Å². The molecule has 0 amide bonds. The Morgan fingerprint density at radius 3 is 1.18 bits per heavy atom. The molecule has 0 rings (SSSR count). The molecule has 0 aromatic heterocycles. The van der Waals surface area contributed by atoms with E-state index in [9.17, 15) is 0 Å². The standard InChI is InChI=1S/C8H20N2Si/c1-7(2,3)9-11-10-8(4,5)6/h9-10H,1-6H3/q-1. The molecule has 1 radical (unpaired) electrons. The Bertz CT molecular complexity index is 96.2. The molecule has 0 spiro atoms. The molecular formula is C8H20N2Si-. The van der Waals surface area contributed by atoms with Crippen LogP contribution in [0.4, 0.5) is 0 Å². The van der Waals surface area contributed by atoms with Gasteiger partial charge in [0, 0.05) is 0 Å². The quantitative estimate of drug-likeness (QED) is 0.614. The first kappa shape index (κ1) is 11.1. The third-order valence-corrected chi connectivity index (χ3v) is 2.62. The SMILES string of the molecule is CC(C)(C)N[Si-]NC(C)(C)C. The van der Waals surface area contributed by atoms with Crippen LogP contribution in [-0.2, 0) is 0 Å². The maximum absolute atomic E-state index is 3.40. The van der Waals surface area contributed by atoms with Crippen LogP contribution in [-0.4, -0.2) is 20.9 Å². The van der Waals surface area contributed by atoms with Crippen LogP contribution in [0.1, 0.15) is 41.5 Å². The van der Waals surface area contributed by atoms with Crippen molar-refractivity contribution in [3.05, 3.63) is 0 Å². The second-order valence-electron chi connectivity index (χ2n) is 4.88. The zero-order valence-corrected chi connectivity index (χ0v) is 9.50. The monoisotopic (exact) mass is 172 g/mol. The summed E-state index contributed by atoms with van der Waals surface area (Å²) in [5.41, 5.74) is 0.438. The molecule has 0 fully saturated rings. The van der Waals surface area contributed by atoms with Crippen molar-refractivity contribution >= 4 is 9.84 Å². The highest BCUT2D eigenvalue weighted by molar-refractivity contribution is 6.29. The fourth-order valence-electron chi connectivity index (χ4n) is 0.406. The maximum Gasteiger partial charge on any atom is -0.0246 e. The van der Waals surface area contributed by atoms with E-state index < -0.39 is 0 Å². The van der Waals surface area contributed by atoms with Crippen LogP contribution in [0.15, 0.2) is 0 Å². The second kappa shape index (κ2) is 3.69. The summed E-state index contributed by atoms with van der Waals surface area (Å²) >= 11 is 0. The molecule has 0 aliphatic heterocycles. The molecule has 2 N–H and O–H groups in total. The minimum absolute atomic E-state index is 0.219. The normalized spacial score (nSPS) is 13.6. The van der Waals surface area contributed by atoms with E-state index in [0.29, 0.717) is 9.84 Å². The van der Waals surface area contributed by atoms with E-state index in [1.54, 1.807) is 0 Å². The lowest BCUT2D eigenvalue weighted by molar-refractivity contribution is 0.485. The largest absolute Gasteiger partial charge is 0.497 e. The van der Waals surface area contributed by atoms with Crippen molar-refractivity contribution in [2.24, 2.45) is 0 Å². The molecule has 0 aliphatic rings. The Labute approximate surface area is 73.1 Å². The molecule has 0 saturated heterocycles. The summed E-state index contributed by atoms with van der Waals surface area (Å²) in [5, 5.41) is 0. The van der Waals surface area contributed by atoms with Crippen molar-refractivity contribution < 1.29 is 0 Å². The van der Waals surface area contributed by atoms with Crippen LogP contribution >= 0.6 is 0 Å². The van der Waals surface area contributed by atoms with E-state index in [1.165, 1.54) is 0 Å². The molecule has 3 heteroatoms. The van der Waals surface area contributed by atoms with Crippen molar-refractivity contribution in [2.45, 2.75) is 52.6 Å². The lowest BCUT2D eigenvalue weighted by atomic mass is 10.1. The maximum atomic E-state index is 3.40. The van der Waals surface area contributed by atoms with E-state index in [0.717, 1.165) is 0 Å². The highest BCUT2D eigenvalue weighted by Gasteiger charge is 2.03. The van der Waals surface area contributed by atoms with Gasteiger partial charge in [0.2, 0.25) is 0 Å². The molecule has 0 unspecified atom stereocenters. The van der Waals surface area contributed by atoms with E-state index in [2.05, 4.69) is 51.5 Å². The lowest BCUT2D eigenvalue weighted by Crippen LogP contribution is -2.50. The van der Waals surface area contributed by atoms with Crippen LogP contribution < -0.4 is 9.96 Å². The van der Waals surface area contributed by atoms with Gasteiger partial charge in [-0.2, -0.15) is 0 Å². The summed E-state index contributed by atoms with van der Waals surface area (Å²) in [6.45, 7) is 13.0. The van der Waals surface area contributed by atoms with E-state index in [4.69, 9.17) is 0 Å². The van der Waals surface area contributed by atoms with Crippen LogP contribution in [0.25, 0.3) is 0 Å². The van der Waals surface area contributed by atoms with E-state index >= 15 is 0 Å². The van der Waals surface area contributed by atoms with Crippen molar-refractivity contribution in [1.29, 1.82) is 0 Å². The van der Waals surface area contributed by atoms with Gasteiger partial charge in [0.25, 0.3) is 0 Å². The Balaban J connectivity index is 3.44. The van der Waals surface area contributed by atoms with Gasteiger partial charge in [0.15, 0.2) is 0 Å². The first-order valence-corrected chi connectivity index (χ1v) is 5.00. The Hall–Kier alpha value is 0.137. The van der Waals surface area contributed by atoms with Gasteiger partial charge in [-0.25, -0.2) is 0 Å². The molecule has 67 valence electrons. The van der Waals surface area contributed by atoms with Gasteiger partial charge in [-0.1, -0.05) is 41.5 Å². The molecule has 2 nitrogen and oxygen atoms in total. The minimum atomic E-state index is 0.219. The Morgan fingerprint density at radius 1 is 0.727 bits per heavy atom. The van der Waals surface area contributed by atoms with Crippen LogP contribution in [0.3, 0.4) is 0 Å². The summed E-state index contributed by atoms with van der Waals surface area (Å²) < 4.78 is 0. The van der Waals surface area contributed by atoms with Gasteiger partial charge in [-0.05, 0) is 11.1 Å². The number of rotatable bonds is 2. The predicted octanol–water partition coefficient (Wildman–Crippen LogP) is 1.30. The van der Waals surface area contributed by atoms with Crippen LogP contribution in [0.2, 0.25) is 0 Å². The zero-order chi connectivity index (χ0) is 9.12. The molecule has 0 aromatic carbocycles. The van der Waals surface area contributed by atoms with Gasteiger partial charge in [-0.3, -0.25) is 9.84 Å². The van der Waals surface area contributed by atoms with Crippen molar-refractivity contribution in [3.8, 4) is 0 Å². The molecule has 11 heavy (non-hydrogen) atoms. The Kier molecular flexibility index (Phi) is 3.74. The number of nitrogens with one attached hydrogen (secondary N) is 2. The molecule has 0 saturated carbocycles. The fraction of sp³-hybridized carbons (Fsp3) is 1.00. The van der Waals surface area contributed by atoms with E-state index in [-0.39, 0.29) is 11.1 Å². The zero-order valence-electron chi connectivity index (χ0n) is 8.50. The van der Waals surface area contributed by atoms with Gasteiger partial charge in [0.1, 0.15) is 0 Å². The summed E-state index contributed by atoms with van der Waals surface area (Å²) in [5.74, 6) is 0. The van der Waals surface area contributed by atoms with Gasteiger partial charge >= 0.3 is 0 Å². The van der Waals surface area contributed by atoms with Crippen molar-refractivity contribution in [2.75, 3.05) is 0 Å². The molecule has 0 aliphatic carbocycles. The first-order valence-electron chi connectivity index (χ1n) is 4.00. The van der Waals surface area contributed by atoms with E-state index in [1.807, 2.05) is 0 Å². The number of hydrogen-bond acceptors (Lipinski definition) is 2. The summed E-state index contributed by atoms with van der Waals surface area (Å²) in [6.07, 6.45) is 0. The third-order valence-electron chi connectivity index (χ3n) is 0.875. The summed E-state index contributed by atoms with van der Waals surface area (Å²) in [7, 11) is 0.635. The molecule has 0 aromatic rings. The third kappa shape index (κ3) is 10.1. The lowest BCUT2D eigenvalue weighted by Gasteiger charge is -2.38. The molecule has 0 bridgehead atoms. The molecule has 0 atom stereocenters. The Morgan fingerprint density at radius 2 is 1.00 bits per heavy atom.